The lowest BCUT2D eigenvalue weighted by atomic mass is 9.49. The van der Waals surface area contributed by atoms with E-state index in [1.54, 1.807) is 12.2 Å². The van der Waals surface area contributed by atoms with Gasteiger partial charge in [0.25, 0.3) is 0 Å². The molecule has 5 heteroatoms. The van der Waals surface area contributed by atoms with E-state index in [-0.39, 0.29) is 41.5 Å². The Balaban J connectivity index is 0.00000102. The van der Waals surface area contributed by atoms with Gasteiger partial charge in [-0.05, 0) is 49.7 Å². The fraction of sp³-hybridized carbons (Fsp3) is 0.682. The van der Waals surface area contributed by atoms with Crippen molar-refractivity contribution in [3.8, 4) is 0 Å². The minimum absolute atomic E-state index is 0.0164. The van der Waals surface area contributed by atoms with Crippen molar-refractivity contribution in [3.63, 3.8) is 0 Å². The third kappa shape index (κ3) is 2.87. The maximum Gasteiger partial charge on any atom is 0.178 e. The van der Waals surface area contributed by atoms with E-state index >= 15 is 0 Å². The average Bonchev–Trinajstić information content (AvgIpc) is 2.99. The van der Waals surface area contributed by atoms with Crippen molar-refractivity contribution in [3.05, 3.63) is 23.8 Å². The molecule has 5 nitrogen and oxygen atoms in total. The van der Waals surface area contributed by atoms with Crippen LogP contribution in [0.3, 0.4) is 0 Å². The Morgan fingerprint density at radius 3 is 2.59 bits per heavy atom. The number of ketones is 3. The molecule has 0 aliphatic heterocycles. The summed E-state index contributed by atoms with van der Waals surface area (Å²) in [6, 6.07) is 0. The molecule has 0 aromatic rings. The van der Waals surface area contributed by atoms with Crippen molar-refractivity contribution >= 4 is 17.3 Å². The normalized spacial score (nSPS) is 42.3. The summed E-state index contributed by atoms with van der Waals surface area (Å²) in [5, 5.41) is 20.5. The van der Waals surface area contributed by atoms with Gasteiger partial charge in [0.2, 0.25) is 0 Å². The van der Waals surface area contributed by atoms with Gasteiger partial charge in [0.15, 0.2) is 11.6 Å². The lowest BCUT2D eigenvalue weighted by Gasteiger charge is -2.54. The van der Waals surface area contributed by atoms with Gasteiger partial charge in [0, 0.05) is 23.7 Å². The van der Waals surface area contributed by atoms with Crippen LogP contribution in [-0.2, 0) is 14.4 Å². The van der Waals surface area contributed by atoms with Crippen molar-refractivity contribution < 1.29 is 24.6 Å². The second-order valence-electron chi connectivity index (χ2n) is 8.36. The first-order valence-electron chi connectivity index (χ1n) is 10.1. The van der Waals surface area contributed by atoms with Gasteiger partial charge in [-0.15, -0.1) is 0 Å². The number of aliphatic hydroxyl groups excluding tert-OH is 1. The van der Waals surface area contributed by atoms with E-state index in [4.69, 9.17) is 0 Å². The monoisotopic (exact) mass is 374 g/mol. The van der Waals surface area contributed by atoms with Crippen LogP contribution >= 0.6 is 0 Å². The van der Waals surface area contributed by atoms with Crippen molar-refractivity contribution in [2.75, 3.05) is 6.61 Å². The zero-order valence-electron chi connectivity index (χ0n) is 16.4. The third-order valence-corrected chi connectivity index (χ3v) is 7.30. The van der Waals surface area contributed by atoms with Crippen LogP contribution in [-0.4, -0.2) is 39.8 Å². The molecule has 4 rings (SSSR count). The first-order chi connectivity index (χ1) is 12.8. The number of Topliss-reactive ketones (excluding diaryl/α,β-unsaturated/α-hetero) is 2. The molecule has 148 valence electrons. The predicted molar refractivity (Wildman–Crippen MR) is 101 cm³/mol. The molecule has 3 saturated carbocycles. The zero-order valence-corrected chi connectivity index (χ0v) is 16.4. The molecule has 0 aromatic heterocycles. The van der Waals surface area contributed by atoms with Crippen LogP contribution in [0.5, 0.6) is 0 Å². The minimum Gasteiger partial charge on any atom is -0.389 e. The van der Waals surface area contributed by atoms with Gasteiger partial charge in [0.1, 0.15) is 12.4 Å². The molecular formula is C22H30O5. The summed E-state index contributed by atoms with van der Waals surface area (Å²) in [7, 11) is 0. The molecule has 0 radical (unpaired) electrons. The molecule has 4 aliphatic carbocycles. The lowest BCUT2D eigenvalue weighted by Crippen LogP contribution is -2.59. The van der Waals surface area contributed by atoms with Crippen molar-refractivity contribution in [1.82, 2.24) is 0 Å². The van der Waals surface area contributed by atoms with Crippen LogP contribution in [0.1, 0.15) is 52.9 Å². The Morgan fingerprint density at radius 1 is 1.22 bits per heavy atom. The molecule has 0 bridgehead atoms. The van der Waals surface area contributed by atoms with Gasteiger partial charge < -0.3 is 10.2 Å². The summed E-state index contributed by atoms with van der Waals surface area (Å²) in [6.07, 6.45) is 7.79. The molecule has 6 atom stereocenters. The smallest absolute Gasteiger partial charge is 0.178 e. The van der Waals surface area contributed by atoms with E-state index in [2.05, 4.69) is 0 Å². The number of hydrogen-bond acceptors (Lipinski definition) is 5. The molecule has 0 amide bonds. The van der Waals surface area contributed by atoms with Gasteiger partial charge in [-0.25, -0.2) is 0 Å². The minimum atomic E-state index is -1.32. The fourth-order valence-corrected chi connectivity index (χ4v) is 6.21. The molecule has 0 heterocycles. The molecule has 27 heavy (non-hydrogen) atoms. The Kier molecular flexibility index (Phi) is 5.30. The van der Waals surface area contributed by atoms with Crippen LogP contribution < -0.4 is 0 Å². The summed E-state index contributed by atoms with van der Waals surface area (Å²) in [5.41, 5.74) is -0.765. The van der Waals surface area contributed by atoms with E-state index in [9.17, 15) is 24.6 Å². The zero-order chi connectivity index (χ0) is 20.0. The number of hydrogen-bond donors (Lipinski definition) is 2. The first-order valence-corrected chi connectivity index (χ1v) is 10.1. The van der Waals surface area contributed by atoms with Crippen LogP contribution in [0.15, 0.2) is 23.8 Å². The Bertz CT molecular complexity index is 720. The van der Waals surface area contributed by atoms with Crippen molar-refractivity contribution in [2.24, 2.45) is 29.1 Å². The highest BCUT2D eigenvalue weighted by atomic mass is 16.3. The number of fused-ring (bicyclic) bond motifs is 5. The maximum atomic E-state index is 13.1. The standard InChI is InChI=1S/C20H24O5.C2H6/c1-19-7-6-12(22)8-11(19)2-3-13-14-4-5-15(17(24)10-21)20(14,25)9-16(23)18(13)19;1-2/h6-8,13-15,18,21,25H,2-5,9-10H2,1H3;1-2H3. The molecule has 4 aliphatic rings. The Labute approximate surface area is 160 Å². The van der Waals surface area contributed by atoms with Gasteiger partial charge in [-0.1, -0.05) is 32.4 Å². The molecule has 0 aromatic carbocycles. The summed E-state index contributed by atoms with van der Waals surface area (Å²) >= 11 is 0. The van der Waals surface area contributed by atoms with E-state index in [1.165, 1.54) is 0 Å². The van der Waals surface area contributed by atoms with E-state index in [1.807, 2.05) is 26.8 Å². The number of carbonyl (C=O) groups is 3. The Morgan fingerprint density at radius 2 is 1.93 bits per heavy atom. The molecule has 0 spiro atoms. The fourth-order valence-electron chi connectivity index (χ4n) is 6.21. The largest absolute Gasteiger partial charge is 0.389 e. The first kappa shape index (κ1) is 20.2. The van der Waals surface area contributed by atoms with E-state index in [0.717, 1.165) is 18.4 Å². The predicted octanol–water partition coefficient (Wildman–Crippen LogP) is 2.40. The summed E-state index contributed by atoms with van der Waals surface area (Å²) < 4.78 is 0. The summed E-state index contributed by atoms with van der Waals surface area (Å²) in [4.78, 5) is 36.9. The number of carbonyl (C=O) groups excluding carboxylic acids is 3. The van der Waals surface area contributed by atoms with Crippen molar-refractivity contribution in [1.29, 1.82) is 0 Å². The third-order valence-electron chi connectivity index (χ3n) is 7.30. The molecular weight excluding hydrogens is 344 g/mol. The molecule has 3 fully saturated rings. The lowest BCUT2D eigenvalue weighted by molar-refractivity contribution is -0.161. The van der Waals surface area contributed by atoms with Gasteiger partial charge in [-0.2, -0.15) is 0 Å². The van der Waals surface area contributed by atoms with E-state index in [0.29, 0.717) is 12.8 Å². The van der Waals surface area contributed by atoms with Crippen LogP contribution in [0.2, 0.25) is 0 Å². The molecule has 0 saturated heterocycles. The van der Waals surface area contributed by atoms with Crippen LogP contribution in [0.4, 0.5) is 0 Å². The highest BCUT2D eigenvalue weighted by Crippen LogP contribution is 2.61. The second-order valence-corrected chi connectivity index (χ2v) is 8.36. The topological polar surface area (TPSA) is 91.7 Å². The number of rotatable bonds is 2. The average molecular weight is 374 g/mol. The SMILES string of the molecule is CC.CC12C=CC(=O)C=C1CCC1C2C(=O)CC2(O)C(C(=O)CO)CCC12. The number of aliphatic hydroxyl groups is 2. The van der Waals surface area contributed by atoms with Gasteiger partial charge in [0.05, 0.1) is 5.60 Å². The van der Waals surface area contributed by atoms with Crippen LogP contribution in [0, 0.1) is 29.1 Å². The number of allylic oxidation sites excluding steroid dienone is 4. The molecule has 2 N–H and O–H groups in total. The van der Waals surface area contributed by atoms with Gasteiger partial charge >= 0.3 is 0 Å². The second kappa shape index (κ2) is 7.10. The summed E-state index contributed by atoms with van der Waals surface area (Å²) in [6.45, 7) is 5.43. The highest BCUT2D eigenvalue weighted by Gasteiger charge is 2.64. The van der Waals surface area contributed by atoms with Crippen LogP contribution in [0.25, 0.3) is 0 Å². The van der Waals surface area contributed by atoms with Crippen molar-refractivity contribution in [2.45, 2.75) is 58.5 Å². The quantitative estimate of drug-likeness (QED) is 0.774. The maximum absolute atomic E-state index is 13.1. The van der Waals surface area contributed by atoms with Gasteiger partial charge in [-0.3, -0.25) is 14.4 Å². The highest BCUT2D eigenvalue weighted by molar-refractivity contribution is 6.02. The molecule has 6 unspecified atom stereocenters. The summed E-state index contributed by atoms with van der Waals surface area (Å²) in [5.74, 6) is -1.37. The Hall–Kier alpha value is -1.59. The van der Waals surface area contributed by atoms with E-state index < -0.39 is 23.5 Å².